The molecule has 0 rings (SSSR count). The van der Waals surface area contributed by atoms with E-state index in [1.807, 2.05) is 21.1 Å². The van der Waals surface area contributed by atoms with Gasteiger partial charge in [-0.05, 0) is 173 Å². The van der Waals surface area contributed by atoms with E-state index in [0.29, 0.717) is 23.9 Å². The number of hydrogen-bond acceptors (Lipinski definition) is 8. The number of likely N-dealkylation sites (N-methyl/N-ethyl adjacent to an activating group) is 1. The van der Waals surface area contributed by atoms with E-state index in [4.69, 9.17) is 18.5 Å². The lowest BCUT2D eigenvalue weighted by atomic mass is 10.1. The summed E-state index contributed by atoms with van der Waals surface area (Å²) in [4.78, 5) is 38.1. The van der Waals surface area contributed by atoms with Crippen LogP contribution in [0.4, 0.5) is 0 Å². The predicted octanol–water partition coefficient (Wildman–Crippen LogP) is 24.6. The number of rotatable bonds is 65. The van der Waals surface area contributed by atoms with Gasteiger partial charge in [-0.1, -0.05) is 301 Å². The summed E-state index contributed by atoms with van der Waals surface area (Å²) < 4.78 is 34.2. The first-order chi connectivity index (χ1) is 48.0. The Labute approximate surface area is 599 Å². The van der Waals surface area contributed by atoms with E-state index >= 15 is 0 Å². The maximum atomic E-state index is 12.9. The molecule has 0 heterocycles. The van der Waals surface area contributed by atoms with Crippen molar-refractivity contribution in [3.8, 4) is 0 Å². The minimum absolute atomic E-state index is 0.0564. The van der Waals surface area contributed by atoms with Crippen LogP contribution in [0.5, 0.6) is 0 Å². The maximum Gasteiger partial charge on any atom is 0.306 e. The van der Waals surface area contributed by atoms with Crippen LogP contribution < -0.4 is 4.89 Å². The van der Waals surface area contributed by atoms with Gasteiger partial charge in [0, 0.05) is 12.8 Å². The average molecular weight is 1370 g/mol. The predicted molar refractivity (Wildman–Crippen MR) is 424 cm³/mol. The molecule has 0 aromatic heterocycles. The molecular formula is C88H134NO8P. The minimum atomic E-state index is -4.68. The Hall–Kier alpha value is -6.45. The van der Waals surface area contributed by atoms with Crippen LogP contribution in [0, 0.1) is 0 Å². The fourth-order valence-corrected chi connectivity index (χ4v) is 9.65. The van der Waals surface area contributed by atoms with Crippen LogP contribution in [0.25, 0.3) is 0 Å². The number of nitrogens with zero attached hydrogens (tertiary/aromatic N) is 1. The molecule has 0 bridgehead atoms. The number of allylic oxidation sites excluding steroid dienone is 42. The van der Waals surface area contributed by atoms with Gasteiger partial charge in [0.15, 0.2) is 6.10 Å². The highest BCUT2D eigenvalue weighted by Gasteiger charge is 2.22. The van der Waals surface area contributed by atoms with Crippen LogP contribution in [-0.4, -0.2) is 70.0 Å². The van der Waals surface area contributed by atoms with Crippen molar-refractivity contribution in [1.82, 2.24) is 0 Å². The monoisotopic (exact) mass is 1360 g/mol. The van der Waals surface area contributed by atoms with Crippen molar-refractivity contribution in [2.45, 2.75) is 238 Å². The summed E-state index contributed by atoms with van der Waals surface area (Å²) in [5.74, 6) is -0.920. The summed E-state index contributed by atoms with van der Waals surface area (Å²) in [5, 5.41) is 0. The van der Waals surface area contributed by atoms with E-state index in [9.17, 15) is 19.0 Å². The number of hydrogen-bond donors (Lipinski definition) is 0. The van der Waals surface area contributed by atoms with Crippen molar-refractivity contribution in [2.75, 3.05) is 47.5 Å². The first-order valence-electron chi connectivity index (χ1n) is 37.4. The number of phosphoric ester groups is 1. The van der Waals surface area contributed by atoms with Gasteiger partial charge in [-0.2, -0.15) is 0 Å². The summed E-state index contributed by atoms with van der Waals surface area (Å²) in [5.41, 5.74) is 0. The van der Waals surface area contributed by atoms with E-state index in [2.05, 4.69) is 269 Å². The minimum Gasteiger partial charge on any atom is -0.756 e. The molecule has 0 amide bonds. The molecule has 0 saturated carbocycles. The molecule has 9 nitrogen and oxygen atoms in total. The Morgan fingerprint density at radius 2 is 0.551 bits per heavy atom. The van der Waals surface area contributed by atoms with Crippen molar-refractivity contribution < 1.29 is 42.1 Å². The van der Waals surface area contributed by atoms with Gasteiger partial charge in [-0.3, -0.25) is 14.2 Å². The van der Waals surface area contributed by atoms with Crippen LogP contribution >= 0.6 is 7.82 Å². The molecular weight excluding hydrogens is 1230 g/mol. The Balaban J connectivity index is 4.25. The lowest BCUT2D eigenvalue weighted by molar-refractivity contribution is -0.870. The molecule has 0 aromatic rings. The van der Waals surface area contributed by atoms with Crippen molar-refractivity contribution in [3.63, 3.8) is 0 Å². The third-order valence-electron chi connectivity index (χ3n) is 14.6. The van der Waals surface area contributed by atoms with Gasteiger partial charge in [-0.25, -0.2) is 0 Å². The zero-order valence-electron chi connectivity index (χ0n) is 61.9. The molecule has 0 aliphatic carbocycles. The summed E-state index contributed by atoms with van der Waals surface area (Å²) >= 11 is 0. The fraction of sp³-hybridized carbons (Fsp3) is 0.500. The first kappa shape index (κ1) is 91.5. The van der Waals surface area contributed by atoms with E-state index in [0.717, 1.165) is 180 Å². The Morgan fingerprint density at radius 1 is 0.316 bits per heavy atom. The number of quaternary nitrogens is 1. The third kappa shape index (κ3) is 78.5. The topological polar surface area (TPSA) is 111 Å². The van der Waals surface area contributed by atoms with Gasteiger partial charge < -0.3 is 27.9 Å². The maximum absolute atomic E-state index is 12.9. The van der Waals surface area contributed by atoms with Gasteiger partial charge in [-0.15, -0.1) is 0 Å². The SMILES string of the molecule is CC/C=C\C/C=C\C/C=C\C/C=C\C/C=C\C/C=C\C/C=C\C/C=C\C/C=C\C/C=C\C/C=C\C/C=C\CCCCC(=O)OC(COC(=O)CCCCCCCCC/C=C\C/C=C\C/C=C\C/C=C\C/C=C\C/C=C\C/C=C\C/C=C\C/C=C\CC)COP(=O)([O-])OCC[N+](C)(C)C. The zero-order chi connectivity index (χ0) is 71.1. The van der Waals surface area contributed by atoms with Crippen LogP contribution in [-0.2, 0) is 32.7 Å². The number of phosphoric acid groups is 1. The van der Waals surface area contributed by atoms with Gasteiger partial charge >= 0.3 is 11.9 Å². The van der Waals surface area contributed by atoms with Gasteiger partial charge in [0.25, 0.3) is 7.82 Å². The van der Waals surface area contributed by atoms with E-state index in [1.165, 1.54) is 12.8 Å². The smallest absolute Gasteiger partial charge is 0.306 e. The average Bonchev–Trinajstić information content (AvgIpc) is 1.23. The number of esters is 2. The normalized spacial score (nSPS) is 14.6. The highest BCUT2D eigenvalue weighted by Crippen LogP contribution is 2.38. The van der Waals surface area contributed by atoms with E-state index in [-0.39, 0.29) is 26.1 Å². The lowest BCUT2D eigenvalue weighted by Gasteiger charge is -2.28. The summed E-state index contributed by atoms with van der Waals surface area (Å²) in [6.07, 6.45) is 124. The molecule has 0 saturated heterocycles. The molecule has 544 valence electrons. The molecule has 10 heteroatoms. The summed E-state index contributed by atoms with van der Waals surface area (Å²) in [6, 6.07) is 0. The Bertz CT molecular complexity index is 2610. The van der Waals surface area contributed by atoms with Gasteiger partial charge in [0.05, 0.1) is 27.7 Å². The quantitative estimate of drug-likeness (QED) is 0.0195. The van der Waals surface area contributed by atoms with Gasteiger partial charge in [0.2, 0.25) is 0 Å². The molecule has 0 aliphatic heterocycles. The Kier molecular flexibility index (Phi) is 69.8. The molecule has 0 spiro atoms. The zero-order valence-corrected chi connectivity index (χ0v) is 62.8. The fourth-order valence-electron chi connectivity index (χ4n) is 8.92. The largest absolute Gasteiger partial charge is 0.756 e. The number of carbonyl (C=O) groups is 2. The molecule has 0 N–H and O–H groups in total. The number of unbranched alkanes of at least 4 members (excludes halogenated alkanes) is 9. The molecule has 0 fully saturated rings. The summed E-state index contributed by atoms with van der Waals surface area (Å²) in [7, 11) is 1.09. The second-order valence-corrected chi connectivity index (χ2v) is 26.2. The molecule has 2 atom stereocenters. The van der Waals surface area contributed by atoms with Crippen LogP contribution in [0.1, 0.15) is 232 Å². The second-order valence-electron chi connectivity index (χ2n) is 24.8. The molecule has 0 aromatic carbocycles. The molecule has 0 aliphatic rings. The van der Waals surface area contributed by atoms with E-state index in [1.54, 1.807) is 0 Å². The molecule has 98 heavy (non-hydrogen) atoms. The second kappa shape index (κ2) is 74.8. The first-order valence-corrected chi connectivity index (χ1v) is 38.9. The van der Waals surface area contributed by atoms with Crippen LogP contribution in [0.15, 0.2) is 255 Å². The standard InChI is InChI=1S/C88H134NO8P/c1-6-8-10-12-14-16-18-20-22-24-26-28-30-32-34-36-38-40-42-43-44-45-47-49-51-53-55-57-59-61-63-65-67-69-71-73-75-77-79-81-88(91)97-86(85-96-98(92,93)95-83-82-89(3,4)5)84-94-87(90)80-78-76-74-72-70-68-66-64-62-60-58-56-54-52-50-48-46-41-39-37-35-33-31-29-27-25-23-21-19-17-15-13-11-9-7-2/h8-11,14-17,20-23,26-29,32-35,38-41,43-44,47-50,53-56,59-62,65,67,71,73,86H,6-7,12-13,18-19,24-25,30-31,36-37,42,45-46,51-52,57-58,63-64,66,68-70,72,74-85H2,1-5H3/b10-8-,11-9-,16-14-,17-15-,22-20-,23-21-,28-26-,29-27-,34-32-,35-33-,40-38-,41-39-,44-43-,49-47-,50-48-,55-53-,56-54-,61-59-,62-60-,67-65-,73-71-. The van der Waals surface area contributed by atoms with Gasteiger partial charge in [0.1, 0.15) is 19.8 Å². The highest BCUT2D eigenvalue weighted by molar-refractivity contribution is 7.45. The van der Waals surface area contributed by atoms with Crippen molar-refractivity contribution in [2.24, 2.45) is 0 Å². The van der Waals surface area contributed by atoms with Crippen LogP contribution in [0.3, 0.4) is 0 Å². The van der Waals surface area contributed by atoms with E-state index < -0.39 is 32.5 Å². The van der Waals surface area contributed by atoms with Crippen LogP contribution in [0.2, 0.25) is 0 Å². The highest BCUT2D eigenvalue weighted by atomic mass is 31.2. The number of carbonyl (C=O) groups excluding carboxylic acids is 2. The summed E-state index contributed by atoms with van der Waals surface area (Å²) in [6.45, 7) is 3.91. The van der Waals surface area contributed by atoms with Crippen molar-refractivity contribution in [1.29, 1.82) is 0 Å². The van der Waals surface area contributed by atoms with Crippen molar-refractivity contribution >= 4 is 19.8 Å². The molecule has 0 radical (unpaired) electrons. The number of ether oxygens (including phenoxy) is 2. The lowest BCUT2D eigenvalue weighted by Crippen LogP contribution is -2.37. The molecule has 2 unspecified atom stereocenters. The van der Waals surface area contributed by atoms with Crippen molar-refractivity contribution in [3.05, 3.63) is 255 Å². The third-order valence-corrected chi connectivity index (χ3v) is 15.5. The Morgan fingerprint density at radius 3 is 0.837 bits per heavy atom.